The molecule has 2 amide bonds. The van der Waals surface area contributed by atoms with Crippen molar-refractivity contribution in [3.63, 3.8) is 0 Å². The molecule has 0 bridgehead atoms. The molecule has 0 aromatic heterocycles. The van der Waals surface area contributed by atoms with Gasteiger partial charge in [-0.05, 0) is 31.7 Å². The summed E-state index contributed by atoms with van der Waals surface area (Å²) < 4.78 is 18.8. The van der Waals surface area contributed by atoms with Crippen molar-refractivity contribution in [1.82, 2.24) is 15.1 Å². The zero-order valence-electron chi connectivity index (χ0n) is 14.7. The summed E-state index contributed by atoms with van der Waals surface area (Å²) >= 11 is 6.04. The molecule has 2 rings (SSSR count). The number of ether oxygens (including phenoxy) is 1. The number of aliphatic carboxylic acids is 1. The molecule has 0 aliphatic carbocycles. The second-order valence-electron chi connectivity index (χ2n) is 6.37. The quantitative estimate of drug-likeness (QED) is 0.779. The zero-order chi connectivity index (χ0) is 19.3. The first-order chi connectivity index (χ1) is 12.3. The van der Waals surface area contributed by atoms with Crippen LogP contribution in [0.3, 0.4) is 0 Å². The van der Waals surface area contributed by atoms with Crippen LogP contribution in [-0.2, 0) is 9.53 Å². The fourth-order valence-corrected chi connectivity index (χ4v) is 3.20. The van der Waals surface area contributed by atoms with Gasteiger partial charge in [-0.1, -0.05) is 17.7 Å². The molecule has 0 radical (unpaired) electrons. The SMILES string of the molecule is CC(NC(=O)N1CCOC(CN(C)CC(=O)O)C1)c1ccc(F)cc1Cl. The number of rotatable bonds is 6. The van der Waals surface area contributed by atoms with Crippen molar-refractivity contribution in [3.05, 3.63) is 34.6 Å². The number of nitrogens with one attached hydrogen (secondary N) is 1. The van der Waals surface area contributed by atoms with E-state index in [0.29, 0.717) is 31.8 Å². The smallest absolute Gasteiger partial charge is 0.318 e. The second kappa shape index (κ2) is 9.16. The summed E-state index contributed by atoms with van der Waals surface area (Å²) in [6, 6.07) is 3.40. The maximum absolute atomic E-state index is 13.2. The third-order valence-corrected chi connectivity index (χ3v) is 4.44. The van der Waals surface area contributed by atoms with Gasteiger partial charge in [0.05, 0.1) is 25.3 Å². The number of carboxylic acid groups (broad SMARTS) is 1. The number of benzene rings is 1. The van der Waals surface area contributed by atoms with Crippen LogP contribution in [0.2, 0.25) is 5.02 Å². The zero-order valence-corrected chi connectivity index (χ0v) is 15.5. The van der Waals surface area contributed by atoms with Crippen molar-refractivity contribution in [2.24, 2.45) is 0 Å². The standard InChI is InChI=1S/C17H23ClFN3O4/c1-11(14-4-3-12(19)7-15(14)18)20-17(25)22-5-6-26-13(9-22)8-21(2)10-16(23)24/h3-4,7,11,13H,5-6,8-10H2,1-2H3,(H,20,25)(H,23,24). The van der Waals surface area contributed by atoms with Gasteiger partial charge in [0.25, 0.3) is 0 Å². The van der Waals surface area contributed by atoms with Gasteiger partial charge in [-0.2, -0.15) is 0 Å². The number of halogens is 2. The molecule has 26 heavy (non-hydrogen) atoms. The molecule has 1 fully saturated rings. The van der Waals surface area contributed by atoms with Crippen molar-refractivity contribution in [3.8, 4) is 0 Å². The molecule has 144 valence electrons. The molecule has 1 saturated heterocycles. The molecule has 1 aliphatic rings. The van der Waals surface area contributed by atoms with Crippen molar-refractivity contribution in [2.45, 2.75) is 19.1 Å². The lowest BCUT2D eigenvalue weighted by atomic mass is 10.1. The van der Waals surface area contributed by atoms with Crippen molar-refractivity contribution in [2.75, 3.05) is 39.8 Å². The second-order valence-corrected chi connectivity index (χ2v) is 6.77. The fraction of sp³-hybridized carbons (Fsp3) is 0.529. The minimum atomic E-state index is -0.914. The Hall–Kier alpha value is -1.90. The number of carboxylic acids is 1. The topological polar surface area (TPSA) is 82.1 Å². The van der Waals surface area contributed by atoms with Crippen LogP contribution in [0.5, 0.6) is 0 Å². The minimum absolute atomic E-state index is 0.0911. The van der Waals surface area contributed by atoms with Gasteiger partial charge >= 0.3 is 12.0 Å². The van der Waals surface area contributed by atoms with Crippen LogP contribution in [0.4, 0.5) is 9.18 Å². The van der Waals surface area contributed by atoms with Crippen molar-refractivity contribution in [1.29, 1.82) is 0 Å². The number of likely N-dealkylation sites (N-methyl/N-ethyl adjacent to an activating group) is 1. The number of nitrogens with zero attached hydrogens (tertiary/aromatic N) is 2. The number of urea groups is 1. The van der Waals surface area contributed by atoms with Gasteiger partial charge in [0.1, 0.15) is 5.82 Å². The van der Waals surface area contributed by atoms with E-state index in [4.69, 9.17) is 21.4 Å². The fourth-order valence-electron chi connectivity index (χ4n) is 2.86. The monoisotopic (exact) mass is 387 g/mol. The Balaban J connectivity index is 1.91. The minimum Gasteiger partial charge on any atom is -0.480 e. The molecular formula is C17H23ClFN3O4. The summed E-state index contributed by atoms with van der Waals surface area (Å²) in [7, 11) is 1.69. The first kappa shape index (κ1) is 20.4. The molecule has 1 aliphatic heterocycles. The Labute approximate surface area is 156 Å². The lowest BCUT2D eigenvalue weighted by molar-refractivity contribution is -0.138. The highest BCUT2D eigenvalue weighted by Gasteiger charge is 2.26. The largest absolute Gasteiger partial charge is 0.480 e. The van der Waals surface area contributed by atoms with Gasteiger partial charge in [0.15, 0.2) is 0 Å². The summed E-state index contributed by atoms with van der Waals surface area (Å²) in [4.78, 5) is 26.5. The number of morpholine rings is 1. The average molecular weight is 388 g/mol. The van der Waals surface area contributed by atoms with Crippen LogP contribution < -0.4 is 5.32 Å². The molecule has 1 aromatic rings. The Morgan fingerprint density at radius 3 is 2.92 bits per heavy atom. The molecule has 2 atom stereocenters. The predicted octanol–water partition coefficient (Wildman–Crippen LogP) is 1.97. The lowest BCUT2D eigenvalue weighted by Gasteiger charge is -2.35. The van der Waals surface area contributed by atoms with Gasteiger partial charge in [0, 0.05) is 24.7 Å². The molecular weight excluding hydrogens is 365 g/mol. The number of hydrogen-bond acceptors (Lipinski definition) is 4. The first-order valence-electron chi connectivity index (χ1n) is 8.28. The summed E-state index contributed by atoms with van der Waals surface area (Å²) in [5, 5.41) is 11.9. The van der Waals surface area contributed by atoms with Gasteiger partial charge in [-0.3, -0.25) is 9.69 Å². The van der Waals surface area contributed by atoms with E-state index in [1.807, 2.05) is 0 Å². The third kappa shape index (κ3) is 5.82. The van der Waals surface area contributed by atoms with E-state index in [1.165, 1.54) is 12.1 Å². The summed E-state index contributed by atoms with van der Waals surface area (Å²) in [6.07, 6.45) is -0.261. The summed E-state index contributed by atoms with van der Waals surface area (Å²) in [5.74, 6) is -1.35. The maximum Gasteiger partial charge on any atom is 0.318 e. The predicted molar refractivity (Wildman–Crippen MR) is 94.8 cm³/mol. The number of hydrogen-bond donors (Lipinski definition) is 2. The molecule has 7 nitrogen and oxygen atoms in total. The molecule has 9 heteroatoms. The van der Waals surface area contributed by atoms with E-state index >= 15 is 0 Å². The summed E-state index contributed by atoms with van der Waals surface area (Å²) in [6.45, 7) is 3.27. The first-order valence-corrected chi connectivity index (χ1v) is 8.66. The average Bonchev–Trinajstić information content (AvgIpc) is 2.53. The molecule has 0 spiro atoms. The summed E-state index contributed by atoms with van der Waals surface area (Å²) in [5.41, 5.74) is 0.632. The molecule has 2 N–H and O–H groups in total. The van der Waals surface area contributed by atoms with E-state index in [9.17, 15) is 14.0 Å². The van der Waals surface area contributed by atoms with E-state index in [1.54, 1.807) is 29.8 Å². The van der Waals surface area contributed by atoms with Gasteiger partial charge in [-0.25, -0.2) is 9.18 Å². The Kier molecular flexibility index (Phi) is 7.19. The van der Waals surface area contributed by atoms with E-state index < -0.39 is 11.8 Å². The Morgan fingerprint density at radius 1 is 1.54 bits per heavy atom. The lowest BCUT2D eigenvalue weighted by Crippen LogP contribution is -2.52. The van der Waals surface area contributed by atoms with Gasteiger partial charge in [0.2, 0.25) is 0 Å². The van der Waals surface area contributed by atoms with Crippen molar-refractivity contribution < 1.29 is 23.8 Å². The van der Waals surface area contributed by atoms with Crippen molar-refractivity contribution >= 4 is 23.6 Å². The van der Waals surface area contributed by atoms with Crippen LogP contribution in [0.1, 0.15) is 18.5 Å². The molecule has 1 heterocycles. The number of carbonyl (C=O) groups excluding carboxylic acids is 1. The van der Waals surface area contributed by atoms with Crippen LogP contribution >= 0.6 is 11.6 Å². The van der Waals surface area contributed by atoms with Gasteiger partial charge < -0.3 is 20.1 Å². The van der Waals surface area contributed by atoms with Crippen LogP contribution in [0.25, 0.3) is 0 Å². The molecule has 0 saturated carbocycles. The van der Waals surface area contributed by atoms with Crippen LogP contribution in [0.15, 0.2) is 18.2 Å². The Morgan fingerprint density at radius 2 is 2.27 bits per heavy atom. The maximum atomic E-state index is 13.2. The van der Waals surface area contributed by atoms with E-state index in [2.05, 4.69) is 5.32 Å². The van der Waals surface area contributed by atoms with Crippen LogP contribution in [-0.4, -0.2) is 72.8 Å². The number of carbonyl (C=O) groups is 2. The highest BCUT2D eigenvalue weighted by molar-refractivity contribution is 6.31. The highest BCUT2D eigenvalue weighted by atomic mass is 35.5. The van der Waals surface area contributed by atoms with Gasteiger partial charge in [-0.15, -0.1) is 0 Å². The van der Waals surface area contributed by atoms with E-state index in [0.717, 1.165) is 0 Å². The molecule has 2 unspecified atom stereocenters. The normalized spacial score (nSPS) is 18.7. The molecule has 1 aromatic carbocycles. The Bertz CT molecular complexity index is 661. The number of amides is 2. The van der Waals surface area contributed by atoms with Crippen LogP contribution in [0, 0.1) is 5.82 Å². The third-order valence-electron chi connectivity index (χ3n) is 4.12. The van der Waals surface area contributed by atoms with E-state index in [-0.39, 0.29) is 29.7 Å². The highest BCUT2D eigenvalue weighted by Crippen LogP contribution is 2.24.